The van der Waals surface area contributed by atoms with E-state index < -0.39 is 0 Å². The fourth-order valence-electron chi connectivity index (χ4n) is 3.94. The van der Waals surface area contributed by atoms with E-state index in [1.807, 2.05) is 6.07 Å². The summed E-state index contributed by atoms with van der Waals surface area (Å²) in [7, 11) is 0. The molecule has 1 saturated carbocycles. The maximum atomic E-state index is 14.3. The minimum Gasteiger partial charge on any atom is -0.372 e. The van der Waals surface area contributed by atoms with Crippen molar-refractivity contribution in [1.82, 2.24) is 14.9 Å². The SMILES string of the molecule is C=C(NCCc1cccs1)Nc1c(C=N)nc(Nc2ccccc2F)n1C1CCCC1. The van der Waals surface area contributed by atoms with E-state index in [0.717, 1.165) is 38.6 Å². The number of nitrogens with zero attached hydrogens (tertiary/aromatic N) is 2. The lowest BCUT2D eigenvalue weighted by molar-refractivity contribution is 0.529. The Morgan fingerprint density at radius 3 is 2.77 bits per heavy atom. The maximum absolute atomic E-state index is 14.3. The molecule has 2 aromatic heterocycles. The predicted octanol–water partition coefficient (Wildman–Crippen LogP) is 5.66. The molecule has 162 valence electrons. The summed E-state index contributed by atoms with van der Waals surface area (Å²) < 4.78 is 16.3. The molecular weight excluding hydrogens is 411 g/mol. The molecule has 8 heteroatoms. The fraction of sp³-hybridized carbons (Fsp3) is 0.304. The van der Waals surface area contributed by atoms with Crippen LogP contribution in [0.4, 0.5) is 21.8 Å². The number of thiophene rings is 1. The molecule has 0 amide bonds. The molecule has 0 aliphatic heterocycles. The second kappa shape index (κ2) is 9.78. The van der Waals surface area contributed by atoms with Gasteiger partial charge in [0.25, 0.3) is 0 Å². The minimum atomic E-state index is -0.339. The van der Waals surface area contributed by atoms with E-state index in [2.05, 4.69) is 43.5 Å². The van der Waals surface area contributed by atoms with Gasteiger partial charge in [-0.2, -0.15) is 0 Å². The summed E-state index contributed by atoms with van der Waals surface area (Å²) in [6.45, 7) is 4.86. The van der Waals surface area contributed by atoms with Crippen LogP contribution in [0.2, 0.25) is 0 Å². The molecule has 4 N–H and O–H groups in total. The Morgan fingerprint density at radius 2 is 2.06 bits per heavy atom. The van der Waals surface area contributed by atoms with Gasteiger partial charge in [0.2, 0.25) is 5.95 Å². The van der Waals surface area contributed by atoms with Gasteiger partial charge in [0.05, 0.1) is 11.5 Å². The Morgan fingerprint density at radius 1 is 1.26 bits per heavy atom. The van der Waals surface area contributed by atoms with E-state index >= 15 is 0 Å². The zero-order valence-corrected chi connectivity index (χ0v) is 18.1. The zero-order valence-electron chi connectivity index (χ0n) is 17.3. The highest BCUT2D eigenvalue weighted by molar-refractivity contribution is 7.09. The molecule has 0 saturated heterocycles. The molecule has 0 spiro atoms. The van der Waals surface area contributed by atoms with Gasteiger partial charge < -0.3 is 21.4 Å². The van der Waals surface area contributed by atoms with Crippen molar-refractivity contribution in [2.75, 3.05) is 17.2 Å². The normalized spacial score (nSPS) is 13.8. The van der Waals surface area contributed by atoms with Crippen LogP contribution in [0.15, 0.2) is 54.2 Å². The highest BCUT2D eigenvalue weighted by Crippen LogP contribution is 2.37. The molecular formula is C23H27FN6S. The second-order valence-electron chi connectivity index (χ2n) is 7.59. The van der Waals surface area contributed by atoms with Crippen molar-refractivity contribution in [2.45, 2.75) is 38.1 Å². The Hall–Kier alpha value is -3.13. The third kappa shape index (κ3) is 4.96. The van der Waals surface area contributed by atoms with Gasteiger partial charge in [-0.1, -0.05) is 37.6 Å². The van der Waals surface area contributed by atoms with Gasteiger partial charge >= 0.3 is 0 Å². The van der Waals surface area contributed by atoms with Crippen molar-refractivity contribution in [1.29, 1.82) is 5.41 Å². The van der Waals surface area contributed by atoms with Crippen LogP contribution in [0.5, 0.6) is 0 Å². The number of halogens is 1. The largest absolute Gasteiger partial charge is 0.372 e. The molecule has 6 nitrogen and oxygen atoms in total. The third-order valence-electron chi connectivity index (χ3n) is 5.44. The standard InChI is InChI=1S/C23H27FN6S/c1-16(26-13-12-18-9-6-14-31-18)27-22-21(15-25)29-23(30(22)17-7-2-3-8-17)28-20-11-5-4-10-19(20)24/h4-6,9-11,14-15,17,25-27H,1-3,7-8,12-13H2,(H,28,29). The van der Waals surface area contributed by atoms with Gasteiger partial charge in [-0.25, -0.2) is 9.37 Å². The van der Waals surface area contributed by atoms with Crippen LogP contribution in [-0.4, -0.2) is 22.3 Å². The Bertz CT molecular complexity index is 1040. The van der Waals surface area contributed by atoms with Crippen molar-refractivity contribution in [2.24, 2.45) is 0 Å². The zero-order chi connectivity index (χ0) is 21.6. The molecule has 1 fully saturated rings. The topological polar surface area (TPSA) is 77.8 Å². The van der Waals surface area contributed by atoms with Crippen molar-refractivity contribution >= 4 is 35.0 Å². The first-order valence-corrected chi connectivity index (χ1v) is 11.4. The molecule has 1 aliphatic carbocycles. The van der Waals surface area contributed by atoms with Crippen molar-refractivity contribution < 1.29 is 4.39 Å². The van der Waals surface area contributed by atoms with E-state index in [4.69, 9.17) is 5.41 Å². The van der Waals surface area contributed by atoms with Crippen LogP contribution in [-0.2, 0) is 6.42 Å². The van der Waals surface area contributed by atoms with Gasteiger partial charge in [0.15, 0.2) is 0 Å². The summed E-state index contributed by atoms with van der Waals surface area (Å²) in [5.41, 5.74) is 0.856. The first kappa shape index (κ1) is 21.1. The van der Waals surface area contributed by atoms with Crippen LogP contribution in [0, 0.1) is 11.2 Å². The summed E-state index contributed by atoms with van der Waals surface area (Å²) in [4.78, 5) is 5.91. The quantitative estimate of drug-likeness (QED) is 0.308. The van der Waals surface area contributed by atoms with E-state index in [9.17, 15) is 4.39 Å². The molecule has 1 aromatic carbocycles. The maximum Gasteiger partial charge on any atom is 0.209 e. The number of anilines is 3. The molecule has 0 bridgehead atoms. The highest BCUT2D eigenvalue weighted by Gasteiger charge is 2.26. The Labute approximate surface area is 185 Å². The van der Waals surface area contributed by atoms with E-state index in [1.165, 1.54) is 17.2 Å². The monoisotopic (exact) mass is 438 g/mol. The van der Waals surface area contributed by atoms with Gasteiger partial charge in [0.1, 0.15) is 17.3 Å². The first-order chi connectivity index (χ1) is 15.2. The summed E-state index contributed by atoms with van der Waals surface area (Å²) in [6.07, 6.45) is 6.46. The van der Waals surface area contributed by atoms with Crippen LogP contribution >= 0.6 is 11.3 Å². The Balaban J connectivity index is 1.56. The second-order valence-corrected chi connectivity index (χ2v) is 8.62. The molecule has 2 heterocycles. The lowest BCUT2D eigenvalue weighted by atomic mass is 10.2. The lowest BCUT2D eigenvalue weighted by Gasteiger charge is -2.21. The van der Waals surface area contributed by atoms with E-state index in [1.54, 1.807) is 29.5 Å². The fourth-order valence-corrected chi connectivity index (χ4v) is 4.65. The number of hydrogen-bond donors (Lipinski definition) is 4. The highest BCUT2D eigenvalue weighted by atomic mass is 32.1. The van der Waals surface area contributed by atoms with E-state index in [0.29, 0.717) is 29.0 Å². The van der Waals surface area contributed by atoms with Gasteiger partial charge in [-0.3, -0.25) is 4.57 Å². The van der Waals surface area contributed by atoms with Crippen LogP contribution < -0.4 is 16.0 Å². The van der Waals surface area contributed by atoms with E-state index in [-0.39, 0.29) is 11.9 Å². The number of imidazole rings is 1. The molecule has 0 unspecified atom stereocenters. The average Bonchev–Trinajstić information content (AvgIpc) is 3.51. The first-order valence-electron chi connectivity index (χ1n) is 10.5. The van der Waals surface area contributed by atoms with Crippen LogP contribution in [0.3, 0.4) is 0 Å². The van der Waals surface area contributed by atoms with Gasteiger partial charge in [-0.05, 0) is 42.8 Å². The van der Waals surface area contributed by atoms with Crippen molar-refractivity contribution in [3.8, 4) is 0 Å². The molecule has 0 atom stereocenters. The lowest BCUT2D eigenvalue weighted by Crippen LogP contribution is -2.23. The summed E-state index contributed by atoms with van der Waals surface area (Å²) >= 11 is 1.74. The predicted molar refractivity (Wildman–Crippen MR) is 126 cm³/mol. The number of aromatic nitrogens is 2. The number of rotatable bonds is 10. The van der Waals surface area contributed by atoms with Crippen molar-refractivity contribution in [3.63, 3.8) is 0 Å². The van der Waals surface area contributed by atoms with Gasteiger partial charge in [0, 0.05) is 23.7 Å². The number of nitrogens with one attached hydrogen (secondary N) is 4. The molecule has 4 rings (SSSR count). The third-order valence-corrected chi connectivity index (χ3v) is 6.38. The minimum absolute atomic E-state index is 0.233. The number of benzene rings is 1. The van der Waals surface area contributed by atoms with Crippen LogP contribution in [0.1, 0.15) is 42.3 Å². The smallest absolute Gasteiger partial charge is 0.209 e. The molecule has 0 radical (unpaired) electrons. The Kier molecular flexibility index (Phi) is 6.66. The molecule has 31 heavy (non-hydrogen) atoms. The van der Waals surface area contributed by atoms with Crippen molar-refractivity contribution in [3.05, 3.63) is 70.6 Å². The average molecular weight is 439 g/mol. The van der Waals surface area contributed by atoms with Crippen LogP contribution in [0.25, 0.3) is 0 Å². The number of para-hydroxylation sites is 1. The molecule has 3 aromatic rings. The summed E-state index contributed by atoms with van der Waals surface area (Å²) in [5, 5.41) is 19.7. The molecule has 1 aliphatic rings. The summed E-state index contributed by atoms with van der Waals surface area (Å²) in [5.74, 6) is 1.55. The number of hydrogen-bond acceptors (Lipinski definition) is 6. The summed E-state index contributed by atoms with van der Waals surface area (Å²) in [6, 6.07) is 10.9. The van der Waals surface area contributed by atoms with Gasteiger partial charge in [-0.15, -0.1) is 11.3 Å².